The molecule has 11 heteroatoms. The Labute approximate surface area is 164 Å². The lowest BCUT2D eigenvalue weighted by Gasteiger charge is -2.06. The number of methoxy groups -OCH3 is 1. The van der Waals surface area contributed by atoms with E-state index in [1.165, 1.54) is 26.3 Å². The van der Waals surface area contributed by atoms with Gasteiger partial charge < -0.3 is 19.9 Å². The van der Waals surface area contributed by atoms with Crippen LogP contribution in [-0.4, -0.2) is 52.4 Å². The van der Waals surface area contributed by atoms with Gasteiger partial charge in [0.25, 0.3) is 5.91 Å². The number of aromatic nitrogens is 2. The third-order valence-electron chi connectivity index (χ3n) is 3.82. The fourth-order valence-corrected chi connectivity index (χ4v) is 3.38. The molecule has 0 spiro atoms. The summed E-state index contributed by atoms with van der Waals surface area (Å²) in [4.78, 5) is 47.9. The lowest BCUT2D eigenvalue weighted by Crippen LogP contribution is -2.18. The molecule has 1 unspecified atom stereocenters. The van der Waals surface area contributed by atoms with Gasteiger partial charge in [-0.05, 0) is 32.4 Å². The van der Waals surface area contributed by atoms with Crippen molar-refractivity contribution in [3.05, 3.63) is 34.0 Å². The summed E-state index contributed by atoms with van der Waals surface area (Å²) >= 11 is 0.883. The van der Waals surface area contributed by atoms with Gasteiger partial charge >= 0.3 is 17.9 Å². The van der Waals surface area contributed by atoms with Gasteiger partial charge in [-0.25, -0.2) is 14.4 Å². The zero-order valence-electron chi connectivity index (χ0n) is 15.6. The van der Waals surface area contributed by atoms with Crippen molar-refractivity contribution in [1.82, 2.24) is 9.78 Å². The monoisotopic (exact) mass is 409 g/mol. The minimum absolute atomic E-state index is 0.0437. The summed E-state index contributed by atoms with van der Waals surface area (Å²) in [5.74, 6) is -3.10. The number of nitrogens with zero attached hydrogens (tertiary/aromatic N) is 2. The highest BCUT2D eigenvalue weighted by atomic mass is 32.1. The zero-order valence-corrected chi connectivity index (χ0v) is 16.5. The van der Waals surface area contributed by atoms with Gasteiger partial charge in [-0.3, -0.25) is 9.48 Å². The van der Waals surface area contributed by atoms with Crippen LogP contribution in [0, 0.1) is 6.92 Å². The summed E-state index contributed by atoms with van der Waals surface area (Å²) in [5.41, 5.74) is 0.325. The largest absolute Gasteiger partial charge is 0.480 e. The molecule has 0 bridgehead atoms. The van der Waals surface area contributed by atoms with Gasteiger partial charge in [0.2, 0.25) is 0 Å². The Balaban J connectivity index is 2.35. The van der Waals surface area contributed by atoms with Gasteiger partial charge in [0.15, 0.2) is 5.69 Å². The van der Waals surface area contributed by atoms with E-state index < -0.39 is 29.9 Å². The van der Waals surface area contributed by atoms with Crippen molar-refractivity contribution < 1.29 is 33.8 Å². The standard InChI is InChI=1S/C17H19N3O7S/c1-5-27-17(25)12-8(2)11(16(24)26-4)14(28-12)18-13(21)10-6-7-20(19-10)9(3)15(22)23/h6-7,9H,5H2,1-4H3,(H,18,21)(H,22,23). The quantitative estimate of drug-likeness (QED) is 0.664. The lowest BCUT2D eigenvalue weighted by atomic mass is 10.1. The maximum Gasteiger partial charge on any atom is 0.348 e. The number of amides is 1. The second-order valence-corrected chi connectivity index (χ2v) is 6.64. The van der Waals surface area contributed by atoms with Crippen LogP contribution in [0.4, 0.5) is 5.00 Å². The molecule has 150 valence electrons. The number of hydrogen-bond donors (Lipinski definition) is 2. The van der Waals surface area contributed by atoms with Crippen molar-refractivity contribution in [3.8, 4) is 0 Å². The normalized spacial score (nSPS) is 11.6. The first-order chi connectivity index (χ1) is 13.2. The van der Waals surface area contributed by atoms with E-state index in [1.54, 1.807) is 13.8 Å². The highest BCUT2D eigenvalue weighted by molar-refractivity contribution is 7.18. The number of thiophene rings is 1. The van der Waals surface area contributed by atoms with Crippen molar-refractivity contribution in [2.45, 2.75) is 26.8 Å². The summed E-state index contributed by atoms with van der Waals surface area (Å²) in [6.45, 7) is 4.78. The van der Waals surface area contributed by atoms with Crippen molar-refractivity contribution in [2.24, 2.45) is 0 Å². The van der Waals surface area contributed by atoms with Crippen LogP contribution in [0.2, 0.25) is 0 Å². The molecule has 28 heavy (non-hydrogen) atoms. The first-order valence-electron chi connectivity index (χ1n) is 8.19. The second-order valence-electron chi connectivity index (χ2n) is 5.62. The van der Waals surface area contributed by atoms with E-state index in [1.807, 2.05) is 0 Å². The average molecular weight is 409 g/mol. The van der Waals surface area contributed by atoms with Crippen LogP contribution in [0.25, 0.3) is 0 Å². The summed E-state index contributed by atoms with van der Waals surface area (Å²) < 4.78 is 10.8. The average Bonchev–Trinajstić information content (AvgIpc) is 3.26. The fourth-order valence-electron chi connectivity index (χ4n) is 2.30. The van der Waals surface area contributed by atoms with Crippen LogP contribution >= 0.6 is 11.3 Å². The van der Waals surface area contributed by atoms with Gasteiger partial charge in [-0.15, -0.1) is 11.3 Å². The third-order valence-corrected chi connectivity index (χ3v) is 5.01. The van der Waals surface area contributed by atoms with E-state index in [2.05, 4.69) is 10.4 Å². The lowest BCUT2D eigenvalue weighted by molar-refractivity contribution is -0.140. The smallest absolute Gasteiger partial charge is 0.348 e. The molecule has 0 aromatic carbocycles. The second kappa shape index (κ2) is 8.65. The number of carbonyl (C=O) groups is 4. The Morgan fingerprint density at radius 1 is 1.32 bits per heavy atom. The minimum Gasteiger partial charge on any atom is -0.480 e. The molecular formula is C17H19N3O7S. The van der Waals surface area contributed by atoms with Crippen LogP contribution in [0.15, 0.2) is 12.3 Å². The van der Waals surface area contributed by atoms with Crippen molar-refractivity contribution in [1.29, 1.82) is 0 Å². The fraction of sp³-hybridized carbons (Fsp3) is 0.353. The topological polar surface area (TPSA) is 137 Å². The van der Waals surface area contributed by atoms with Gasteiger partial charge in [-0.1, -0.05) is 0 Å². The predicted octanol–water partition coefficient (Wildman–Crippen LogP) is 2.11. The van der Waals surface area contributed by atoms with Crippen LogP contribution < -0.4 is 5.32 Å². The molecule has 0 aliphatic rings. The molecule has 0 radical (unpaired) electrons. The molecule has 0 fully saturated rings. The van der Waals surface area contributed by atoms with E-state index >= 15 is 0 Å². The maximum atomic E-state index is 12.5. The molecule has 1 amide bonds. The molecular weight excluding hydrogens is 390 g/mol. The van der Waals surface area contributed by atoms with Gasteiger partial charge in [0.1, 0.15) is 15.9 Å². The summed E-state index contributed by atoms with van der Waals surface area (Å²) in [6, 6.07) is 0.394. The van der Waals surface area contributed by atoms with Crippen LogP contribution in [0.1, 0.15) is 56.0 Å². The number of carbonyl (C=O) groups excluding carboxylic acids is 3. The van der Waals surface area contributed by atoms with E-state index in [0.29, 0.717) is 5.56 Å². The van der Waals surface area contributed by atoms with E-state index in [0.717, 1.165) is 16.0 Å². The molecule has 0 saturated heterocycles. The molecule has 2 N–H and O–H groups in total. The number of anilines is 1. The number of hydrogen-bond acceptors (Lipinski definition) is 8. The van der Waals surface area contributed by atoms with Crippen LogP contribution in [-0.2, 0) is 14.3 Å². The summed E-state index contributed by atoms with van der Waals surface area (Å²) in [6.07, 6.45) is 1.36. The van der Waals surface area contributed by atoms with Crippen LogP contribution in [0.5, 0.6) is 0 Å². The van der Waals surface area contributed by atoms with Gasteiger partial charge in [0.05, 0.1) is 19.3 Å². The summed E-state index contributed by atoms with van der Waals surface area (Å²) in [5, 5.41) is 15.6. The number of nitrogens with one attached hydrogen (secondary N) is 1. The first kappa shape index (κ1) is 21.1. The predicted molar refractivity (Wildman–Crippen MR) is 98.9 cm³/mol. The number of esters is 2. The zero-order chi connectivity index (χ0) is 21.0. The molecule has 2 aromatic rings. The number of rotatable bonds is 7. The molecule has 0 aliphatic heterocycles. The number of ether oxygens (including phenoxy) is 2. The number of carboxylic acids is 1. The van der Waals surface area contributed by atoms with Crippen molar-refractivity contribution in [3.63, 3.8) is 0 Å². The van der Waals surface area contributed by atoms with Gasteiger partial charge in [0, 0.05) is 6.20 Å². The maximum absolute atomic E-state index is 12.5. The first-order valence-corrected chi connectivity index (χ1v) is 9.01. The van der Waals surface area contributed by atoms with Crippen molar-refractivity contribution >= 4 is 40.2 Å². The van der Waals surface area contributed by atoms with E-state index in [4.69, 9.17) is 14.6 Å². The molecule has 10 nitrogen and oxygen atoms in total. The van der Waals surface area contributed by atoms with Crippen LogP contribution in [0.3, 0.4) is 0 Å². The molecule has 2 heterocycles. The highest BCUT2D eigenvalue weighted by Gasteiger charge is 2.27. The Kier molecular flexibility index (Phi) is 6.52. The number of carboxylic acid groups (broad SMARTS) is 1. The number of aliphatic carboxylic acids is 1. The Bertz CT molecular complexity index is 931. The Morgan fingerprint density at radius 3 is 2.57 bits per heavy atom. The molecule has 2 aromatic heterocycles. The molecule has 0 aliphatic carbocycles. The van der Waals surface area contributed by atoms with Crippen molar-refractivity contribution in [2.75, 3.05) is 19.0 Å². The van der Waals surface area contributed by atoms with Gasteiger partial charge in [-0.2, -0.15) is 5.10 Å². The highest BCUT2D eigenvalue weighted by Crippen LogP contribution is 2.34. The molecule has 0 saturated carbocycles. The minimum atomic E-state index is -1.10. The van der Waals surface area contributed by atoms with E-state index in [-0.39, 0.29) is 27.7 Å². The Morgan fingerprint density at radius 2 is 2.00 bits per heavy atom. The summed E-state index contributed by atoms with van der Waals surface area (Å²) in [7, 11) is 1.18. The molecule has 2 rings (SSSR count). The Hall–Kier alpha value is -3.21. The molecule has 1 atom stereocenters. The third kappa shape index (κ3) is 4.19. The SMILES string of the molecule is CCOC(=O)c1sc(NC(=O)c2ccn(C(C)C(=O)O)n2)c(C(=O)OC)c1C. The van der Waals surface area contributed by atoms with E-state index in [9.17, 15) is 19.2 Å².